The summed E-state index contributed by atoms with van der Waals surface area (Å²) in [7, 11) is 7.81. The first-order chi connectivity index (χ1) is 14.9. The number of halogens is 2. The number of pyridine rings is 2. The molecule has 1 aliphatic heterocycles. The van der Waals surface area contributed by atoms with E-state index in [0.29, 0.717) is 17.1 Å². The Morgan fingerprint density at radius 1 is 0.606 bits per heavy atom. The largest absolute Gasteiger partial charge is 1.00 e. The average molecular weight is 486 g/mol. The predicted octanol–water partition coefficient (Wildman–Crippen LogP) is -4.20. The van der Waals surface area contributed by atoms with Gasteiger partial charge in [0.25, 0.3) is 0 Å². The average Bonchev–Trinajstić information content (AvgIpc) is 3.04. The highest BCUT2D eigenvalue weighted by Crippen LogP contribution is 2.27. The van der Waals surface area contributed by atoms with Gasteiger partial charge in [0.2, 0.25) is 0 Å². The Morgan fingerprint density at radius 2 is 0.970 bits per heavy atom. The highest BCUT2D eigenvalue weighted by atomic mass is 35.5. The highest BCUT2D eigenvalue weighted by molar-refractivity contribution is 6.49. The van der Waals surface area contributed by atoms with Crippen LogP contribution >= 0.6 is 0 Å². The number of benzene rings is 1. The zero-order valence-electron chi connectivity index (χ0n) is 18.8. The van der Waals surface area contributed by atoms with Crippen molar-refractivity contribution in [3.63, 3.8) is 0 Å². The van der Waals surface area contributed by atoms with Gasteiger partial charge in [0, 0.05) is 63.8 Å². The lowest BCUT2D eigenvalue weighted by molar-refractivity contribution is -0.604. The second kappa shape index (κ2) is 10.5. The van der Waals surface area contributed by atoms with Gasteiger partial charge in [0.1, 0.15) is 0 Å². The second-order valence-electron chi connectivity index (χ2n) is 7.69. The van der Waals surface area contributed by atoms with E-state index < -0.39 is 0 Å². The van der Waals surface area contributed by atoms with Crippen molar-refractivity contribution in [2.45, 2.75) is 0 Å². The van der Waals surface area contributed by atoms with Gasteiger partial charge in [0.05, 0.1) is 5.69 Å². The maximum Gasteiger partial charge on any atom is 0.355 e. The molecule has 3 heterocycles. The summed E-state index contributed by atoms with van der Waals surface area (Å²) in [6.45, 7) is 0. The fourth-order valence-corrected chi connectivity index (χ4v) is 3.52. The van der Waals surface area contributed by atoms with Crippen molar-refractivity contribution in [2.24, 2.45) is 0 Å². The molecule has 2 amide bonds. The quantitative estimate of drug-likeness (QED) is 0.271. The van der Waals surface area contributed by atoms with E-state index in [1.54, 1.807) is 46.1 Å². The van der Waals surface area contributed by atoms with Gasteiger partial charge in [-0.1, -0.05) is 18.2 Å². The lowest BCUT2D eigenvalue weighted by atomic mass is 10.3. The van der Waals surface area contributed by atoms with E-state index in [1.165, 1.54) is 4.90 Å². The van der Waals surface area contributed by atoms with E-state index >= 15 is 0 Å². The molecule has 0 radical (unpaired) electrons. The van der Waals surface area contributed by atoms with Gasteiger partial charge >= 0.3 is 23.2 Å². The van der Waals surface area contributed by atoms with Gasteiger partial charge in [-0.25, -0.2) is 4.90 Å². The van der Waals surface area contributed by atoms with Crippen molar-refractivity contribution in [3.05, 3.63) is 79.4 Å². The molecule has 0 fully saturated rings. The van der Waals surface area contributed by atoms with Gasteiger partial charge in [0.15, 0.2) is 24.8 Å². The van der Waals surface area contributed by atoms with Crippen LogP contribution in [0.1, 0.15) is 0 Å². The molecule has 0 atom stereocenters. The summed E-state index contributed by atoms with van der Waals surface area (Å²) in [5, 5.41) is 0. The van der Waals surface area contributed by atoms with Crippen LogP contribution < -0.4 is 48.6 Å². The summed E-state index contributed by atoms with van der Waals surface area (Å²) in [6, 6.07) is 16.6. The molecule has 0 spiro atoms. The molecule has 172 valence electrons. The normalized spacial score (nSPS) is 12.9. The standard InChI is InChI=1S/C24H25N5O2.2ClH/c1-25(2)18-10-14-27(15-11-18)21-22(28-16-12-19(13-17-28)26(3)4)24(31)29(23(21)30)20-8-6-5-7-9-20;;/h5-17H,1-4H3;2*1H/q+2;;/p-2. The van der Waals surface area contributed by atoms with Gasteiger partial charge < -0.3 is 34.6 Å². The van der Waals surface area contributed by atoms with Crippen LogP contribution in [0, 0.1) is 0 Å². The maximum atomic E-state index is 13.5. The number of aromatic nitrogens is 2. The first kappa shape index (κ1) is 25.8. The number of imide groups is 1. The molecular formula is C24H25Cl2N5O2. The molecule has 33 heavy (non-hydrogen) atoms. The summed E-state index contributed by atoms with van der Waals surface area (Å²) >= 11 is 0. The highest BCUT2D eigenvalue weighted by Gasteiger charge is 2.51. The van der Waals surface area contributed by atoms with Crippen LogP contribution in [0.3, 0.4) is 0 Å². The van der Waals surface area contributed by atoms with Gasteiger partial charge in [-0.2, -0.15) is 9.13 Å². The van der Waals surface area contributed by atoms with E-state index in [2.05, 4.69) is 0 Å². The van der Waals surface area contributed by atoms with Crippen LogP contribution in [0.2, 0.25) is 0 Å². The number of carbonyl (C=O) groups excluding carboxylic acids is 2. The summed E-state index contributed by atoms with van der Waals surface area (Å²) in [5.41, 5.74) is 3.15. The van der Waals surface area contributed by atoms with E-state index in [1.807, 2.05) is 80.5 Å². The van der Waals surface area contributed by atoms with Crippen LogP contribution in [0.5, 0.6) is 0 Å². The third kappa shape index (κ3) is 4.84. The van der Waals surface area contributed by atoms with Crippen LogP contribution in [-0.2, 0) is 9.59 Å². The van der Waals surface area contributed by atoms with Crippen molar-refractivity contribution >= 4 is 40.3 Å². The molecule has 0 saturated heterocycles. The third-order valence-electron chi connectivity index (χ3n) is 5.22. The molecule has 7 nitrogen and oxygen atoms in total. The van der Waals surface area contributed by atoms with Crippen molar-refractivity contribution in [1.82, 2.24) is 0 Å². The monoisotopic (exact) mass is 485 g/mol. The Kier molecular flexibility index (Phi) is 8.19. The lowest BCUT2D eigenvalue weighted by Crippen LogP contribution is -3.00. The molecule has 1 aliphatic rings. The second-order valence-corrected chi connectivity index (χ2v) is 7.69. The van der Waals surface area contributed by atoms with E-state index in [-0.39, 0.29) is 36.6 Å². The summed E-state index contributed by atoms with van der Waals surface area (Å²) in [6.07, 6.45) is 7.22. The van der Waals surface area contributed by atoms with Crippen LogP contribution in [0.4, 0.5) is 17.1 Å². The molecule has 0 bridgehead atoms. The molecule has 0 saturated carbocycles. The van der Waals surface area contributed by atoms with Crippen molar-refractivity contribution in [3.8, 4) is 0 Å². The van der Waals surface area contributed by atoms with Gasteiger partial charge in [-0.15, -0.1) is 0 Å². The van der Waals surface area contributed by atoms with Gasteiger partial charge in [-0.05, 0) is 12.1 Å². The fraction of sp³-hybridized carbons (Fsp3) is 0.167. The number of rotatable bonds is 5. The molecule has 9 heteroatoms. The fourth-order valence-electron chi connectivity index (χ4n) is 3.52. The minimum absolute atomic E-state index is 0. The maximum absolute atomic E-state index is 13.5. The van der Waals surface area contributed by atoms with Crippen molar-refractivity contribution in [2.75, 3.05) is 42.9 Å². The van der Waals surface area contributed by atoms with Gasteiger partial charge in [-0.3, -0.25) is 9.59 Å². The molecule has 0 aliphatic carbocycles. The van der Waals surface area contributed by atoms with Crippen LogP contribution in [0.15, 0.2) is 79.4 Å². The van der Waals surface area contributed by atoms with Crippen LogP contribution in [0.25, 0.3) is 11.4 Å². The zero-order valence-corrected chi connectivity index (χ0v) is 20.3. The number of nitrogens with zero attached hydrogens (tertiary/aromatic N) is 5. The minimum Gasteiger partial charge on any atom is -1.00 e. The number of para-hydroxylation sites is 1. The van der Waals surface area contributed by atoms with Crippen molar-refractivity contribution < 1.29 is 43.5 Å². The number of carbonyl (C=O) groups is 2. The molecule has 4 rings (SSSR count). The number of hydrogen-bond donors (Lipinski definition) is 0. The Morgan fingerprint density at radius 3 is 1.30 bits per heavy atom. The first-order valence-electron chi connectivity index (χ1n) is 9.94. The Hall–Kier alpha value is -3.42. The molecule has 1 aromatic carbocycles. The SMILES string of the molecule is CN(C)c1cc[n+](C2=C([n+]3ccc(N(C)C)cc3)C(=O)N(c3ccccc3)C2=O)cc1.[Cl-].[Cl-]. The molecule has 0 N–H and O–H groups in total. The van der Waals surface area contributed by atoms with E-state index in [4.69, 9.17) is 0 Å². The van der Waals surface area contributed by atoms with Crippen molar-refractivity contribution in [1.29, 1.82) is 0 Å². The Labute approximate surface area is 206 Å². The third-order valence-corrected chi connectivity index (χ3v) is 5.22. The first-order valence-corrected chi connectivity index (χ1v) is 9.94. The summed E-state index contributed by atoms with van der Waals surface area (Å²) in [4.78, 5) is 32.2. The number of anilines is 3. The Balaban J connectivity index is 0.00000193. The zero-order chi connectivity index (χ0) is 22.1. The predicted molar refractivity (Wildman–Crippen MR) is 120 cm³/mol. The molecule has 0 unspecified atom stereocenters. The molecule has 3 aromatic rings. The molecular weight excluding hydrogens is 461 g/mol. The lowest BCUT2D eigenvalue weighted by Gasteiger charge is -2.12. The van der Waals surface area contributed by atoms with E-state index in [9.17, 15) is 9.59 Å². The van der Waals surface area contributed by atoms with Crippen LogP contribution in [-0.4, -0.2) is 40.0 Å². The number of hydrogen-bond acceptors (Lipinski definition) is 4. The smallest absolute Gasteiger partial charge is 0.355 e. The summed E-state index contributed by atoms with van der Waals surface area (Å²) < 4.78 is 3.41. The minimum atomic E-state index is -0.363. The molecule has 2 aromatic heterocycles. The number of amides is 2. The Bertz CT molecular complexity index is 1090. The topological polar surface area (TPSA) is 51.6 Å². The van der Waals surface area contributed by atoms with E-state index in [0.717, 1.165) is 11.4 Å². The summed E-state index contributed by atoms with van der Waals surface area (Å²) in [5.74, 6) is -0.726.